The van der Waals surface area contributed by atoms with Crippen molar-refractivity contribution in [1.82, 2.24) is 10.6 Å². The average Bonchev–Trinajstić information content (AvgIpc) is 2.54. The molecule has 0 spiro atoms. The summed E-state index contributed by atoms with van der Waals surface area (Å²) < 4.78 is 11.1. The second-order valence-corrected chi connectivity index (χ2v) is 8.90. The SMILES string of the molecule is C[C@@H](OC(C)(C)C)[C@H](NC(=O)OC(C)(C)C)C(=O)NCc1cccc(B(O)O)c1. The summed E-state index contributed by atoms with van der Waals surface area (Å²) in [6.07, 6.45) is -1.33. The molecule has 29 heavy (non-hydrogen) atoms. The molecule has 0 aliphatic heterocycles. The molecule has 4 N–H and O–H groups in total. The summed E-state index contributed by atoms with van der Waals surface area (Å²) in [4.78, 5) is 25.0. The molecule has 0 unspecified atom stereocenters. The number of amides is 2. The topological polar surface area (TPSA) is 117 Å². The third kappa shape index (κ3) is 9.78. The van der Waals surface area contributed by atoms with Gasteiger partial charge >= 0.3 is 13.2 Å². The van der Waals surface area contributed by atoms with E-state index < -0.39 is 42.5 Å². The van der Waals surface area contributed by atoms with Crippen LogP contribution in [-0.2, 0) is 20.8 Å². The number of benzene rings is 1. The van der Waals surface area contributed by atoms with E-state index in [2.05, 4.69) is 10.6 Å². The second kappa shape index (κ2) is 10.1. The molecule has 0 aliphatic carbocycles. The van der Waals surface area contributed by atoms with Crippen LogP contribution in [0.2, 0.25) is 0 Å². The van der Waals surface area contributed by atoms with Crippen molar-refractivity contribution < 1.29 is 29.1 Å². The van der Waals surface area contributed by atoms with E-state index in [1.165, 1.54) is 0 Å². The van der Waals surface area contributed by atoms with Crippen molar-refractivity contribution in [3.63, 3.8) is 0 Å². The Kier molecular flexibility index (Phi) is 8.68. The number of ether oxygens (including phenoxy) is 2. The third-order valence-electron chi connectivity index (χ3n) is 3.68. The molecular formula is C20H33BN2O6. The van der Waals surface area contributed by atoms with Crippen molar-refractivity contribution in [2.75, 3.05) is 0 Å². The van der Waals surface area contributed by atoms with Gasteiger partial charge in [-0.1, -0.05) is 24.3 Å². The van der Waals surface area contributed by atoms with Crippen LogP contribution in [0.5, 0.6) is 0 Å². The maximum atomic E-state index is 12.8. The standard InChI is InChI=1S/C20H33BN2O6/c1-13(28-19(2,3)4)16(23-18(25)29-20(5,6)7)17(24)22-12-14-9-8-10-15(11-14)21(26)27/h8-11,13,16,26-27H,12H2,1-7H3,(H,22,24)(H,23,25)/t13-,16+/m1/s1. The molecule has 0 saturated heterocycles. The molecule has 0 aromatic heterocycles. The monoisotopic (exact) mass is 408 g/mol. The molecule has 0 bridgehead atoms. The third-order valence-corrected chi connectivity index (χ3v) is 3.68. The number of hydrogen-bond donors (Lipinski definition) is 4. The summed E-state index contributed by atoms with van der Waals surface area (Å²) in [6, 6.07) is 5.59. The Hall–Kier alpha value is -2.10. The first-order valence-electron chi connectivity index (χ1n) is 9.58. The zero-order valence-corrected chi connectivity index (χ0v) is 18.3. The molecule has 1 rings (SSSR count). The number of carbonyl (C=O) groups excluding carboxylic acids is 2. The van der Waals surface area contributed by atoms with E-state index in [-0.39, 0.29) is 6.54 Å². The van der Waals surface area contributed by atoms with E-state index in [0.29, 0.717) is 11.0 Å². The summed E-state index contributed by atoms with van der Waals surface area (Å²) in [6.45, 7) is 12.6. The molecule has 0 heterocycles. The second-order valence-electron chi connectivity index (χ2n) is 8.90. The Morgan fingerprint density at radius 2 is 1.72 bits per heavy atom. The Labute approximate surface area is 173 Å². The van der Waals surface area contributed by atoms with Crippen molar-refractivity contribution in [3.8, 4) is 0 Å². The van der Waals surface area contributed by atoms with Crippen LogP contribution in [0.1, 0.15) is 54.0 Å². The van der Waals surface area contributed by atoms with Gasteiger partial charge in [0.25, 0.3) is 0 Å². The van der Waals surface area contributed by atoms with Gasteiger partial charge in [0, 0.05) is 6.54 Å². The molecule has 8 nitrogen and oxygen atoms in total. The largest absolute Gasteiger partial charge is 0.488 e. The summed E-state index contributed by atoms with van der Waals surface area (Å²) in [7, 11) is -1.59. The van der Waals surface area contributed by atoms with Gasteiger partial charge in [0.2, 0.25) is 5.91 Å². The lowest BCUT2D eigenvalue weighted by atomic mass is 9.79. The highest BCUT2D eigenvalue weighted by atomic mass is 16.6. The Morgan fingerprint density at radius 1 is 1.10 bits per heavy atom. The van der Waals surface area contributed by atoms with Gasteiger partial charge < -0.3 is 30.2 Å². The lowest BCUT2D eigenvalue weighted by Gasteiger charge is -2.31. The highest BCUT2D eigenvalue weighted by Gasteiger charge is 2.32. The van der Waals surface area contributed by atoms with Gasteiger partial charge in [-0.05, 0) is 59.5 Å². The minimum absolute atomic E-state index is 0.147. The summed E-state index contributed by atoms with van der Waals surface area (Å²) in [5.74, 6) is -0.442. The number of hydrogen-bond acceptors (Lipinski definition) is 6. The zero-order chi connectivity index (χ0) is 22.4. The van der Waals surface area contributed by atoms with Crippen LogP contribution in [-0.4, -0.2) is 52.5 Å². The van der Waals surface area contributed by atoms with Crippen molar-refractivity contribution in [3.05, 3.63) is 29.8 Å². The van der Waals surface area contributed by atoms with Gasteiger partial charge in [-0.15, -0.1) is 0 Å². The summed E-state index contributed by atoms with van der Waals surface area (Å²) in [5.41, 5.74) is -0.210. The number of carbonyl (C=O) groups is 2. The molecule has 0 saturated carbocycles. The van der Waals surface area contributed by atoms with Gasteiger partial charge in [-0.25, -0.2) is 4.79 Å². The molecule has 1 aromatic carbocycles. The Morgan fingerprint density at radius 3 is 2.24 bits per heavy atom. The van der Waals surface area contributed by atoms with Crippen LogP contribution in [0, 0.1) is 0 Å². The number of rotatable bonds is 7. The van der Waals surface area contributed by atoms with E-state index in [0.717, 1.165) is 0 Å². The molecule has 0 aliphatic rings. The highest BCUT2D eigenvalue weighted by Crippen LogP contribution is 2.14. The van der Waals surface area contributed by atoms with E-state index >= 15 is 0 Å². The fraction of sp³-hybridized carbons (Fsp3) is 0.600. The van der Waals surface area contributed by atoms with Crippen molar-refractivity contribution in [1.29, 1.82) is 0 Å². The quantitative estimate of drug-likeness (QED) is 0.502. The summed E-state index contributed by atoms with van der Waals surface area (Å²) in [5, 5.41) is 23.9. The van der Waals surface area contributed by atoms with Crippen LogP contribution in [0.3, 0.4) is 0 Å². The number of alkyl carbamates (subject to hydrolysis) is 1. The van der Waals surface area contributed by atoms with Crippen molar-refractivity contribution in [2.24, 2.45) is 0 Å². The van der Waals surface area contributed by atoms with Gasteiger partial charge in [0.15, 0.2) is 0 Å². The lowest BCUT2D eigenvalue weighted by Crippen LogP contribution is -2.55. The lowest BCUT2D eigenvalue weighted by molar-refractivity contribution is -0.131. The van der Waals surface area contributed by atoms with E-state index in [1.807, 2.05) is 20.8 Å². The van der Waals surface area contributed by atoms with Crippen molar-refractivity contribution >= 4 is 24.6 Å². The predicted molar refractivity (Wildman–Crippen MR) is 112 cm³/mol. The molecule has 2 amide bonds. The van der Waals surface area contributed by atoms with Crippen LogP contribution >= 0.6 is 0 Å². The summed E-state index contributed by atoms with van der Waals surface area (Å²) >= 11 is 0. The molecular weight excluding hydrogens is 375 g/mol. The molecule has 162 valence electrons. The fourth-order valence-corrected chi connectivity index (χ4v) is 2.62. The van der Waals surface area contributed by atoms with Crippen LogP contribution in [0.25, 0.3) is 0 Å². The minimum Gasteiger partial charge on any atom is -0.444 e. The Balaban J connectivity index is 2.88. The van der Waals surface area contributed by atoms with Gasteiger partial charge in [0.1, 0.15) is 11.6 Å². The average molecular weight is 408 g/mol. The maximum Gasteiger partial charge on any atom is 0.488 e. The molecule has 1 aromatic rings. The minimum atomic E-state index is -1.59. The normalized spacial score (nSPS) is 14.0. The van der Waals surface area contributed by atoms with Gasteiger partial charge in [0.05, 0.1) is 11.7 Å². The molecule has 2 atom stereocenters. The molecule has 0 radical (unpaired) electrons. The number of nitrogens with one attached hydrogen (secondary N) is 2. The highest BCUT2D eigenvalue weighted by molar-refractivity contribution is 6.58. The Bertz CT molecular complexity index is 697. The van der Waals surface area contributed by atoms with E-state index in [1.54, 1.807) is 52.0 Å². The van der Waals surface area contributed by atoms with Crippen molar-refractivity contribution in [2.45, 2.75) is 78.4 Å². The smallest absolute Gasteiger partial charge is 0.444 e. The molecule has 9 heteroatoms. The first-order valence-corrected chi connectivity index (χ1v) is 9.58. The van der Waals surface area contributed by atoms with Gasteiger partial charge in [-0.3, -0.25) is 4.79 Å². The van der Waals surface area contributed by atoms with Crippen LogP contribution < -0.4 is 16.1 Å². The van der Waals surface area contributed by atoms with Gasteiger partial charge in [-0.2, -0.15) is 0 Å². The zero-order valence-electron chi connectivity index (χ0n) is 18.3. The van der Waals surface area contributed by atoms with Crippen LogP contribution in [0.15, 0.2) is 24.3 Å². The van der Waals surface area contributed by atoms with E-state index in [4.69, 9.17) is 9.47 Å². The fourth-order valence-electron chi connectivity index (χ4n) is 2.62. The molecule has 0 fully saturated rings. The maximum absolute atomic E-state index is 12.8. The van der Waals surface area contributed by atoms with Crippen LogP contribution in [0.4, 0.5) is 4.79 Å². The first-order chi connectivity index (χ1) is 13.2. The van der Waals surface area contributed by atoms with E-state index in [9.17, 15) is 19.6 Å². The first kappa shape index (κ1) is 24.9. The predicted octanol–water partition coefficient (Wildman–Crippen LogP) is 1.08.